The summed E-state index contributed by atoms with van der Waals surface area (Å²) in [5.74, 6) is 0.806. The topological polar surface area (TPSA) is 86.6 Å². The van der Waals surface area contributed by atoms with Crippen LogP contribution in [-0.2, 0) is 19.5 Å². The van der Waals surface area contributed by atoms with E-state index in [0.29, 0.717) is 23.6 Å². The third-order valence-electron chi connectivity index (χ3n) is 5.08. The van der Waals surface area contributed by atoms with Crippen molar-refractivity contribution in [2.24, 2.45) is 0 Å². The molecule has 0 spiro atoms. The lowest BCUT2D eigenvalue weighted by atomic mass is 10.1. The molecule has 0 saturated carbocycles. The van der Waals surface area contributed by atoms with Crippen LogP contribution >= 0.6 is 0 Å². The average Bonchev–Trinajstić information content (AvgIpc) is 3.26. The largest absolute Gasteiger partial charge is 0.396 e. The molecule has 5 rings (SSSR count). The molecule has 0 amide bonds. The van der Waals surface area contributed by atoms with E-state index in [-0.39, 0.29) is 11.1 Å². The van der Waals surface area contributed by atoms with Crippen molar-refractivity contribution in [2.75, 3.05) is 11.1 Å². The molecule has 10 heteroatoms. The quantitative estimate of drug-likeness (QED) is 0.514. The van der Waals surface area contributed by atoms with Gasteiger partial charge >= 0.3 is 0 Å². The number of hydrogen-bond donors (Lipinski definition) is 2. The molecule has 1 aliphatic rings. The number of nitrogens with two attached hydrogens (primary N) is 1. The van der Waals surface area contributed by atoms with Gasteiger partial charge in [-0.3, -0.25) is 4.68 Å². The molecule has 0 unspecified atom stereocenters. The van der Waals surface area contributed by atoms with Crippen molar-refractivity contribution < 1.29 is 13.2 Å². The number of imidazole rings is 1. The molecule has 148 valence electrons. The molecule has 0 atom stereocenters. The van der Waals surface area contributed by atoms with Crippen LogP contribution in [0.1, 0.15) is 23.5 Å². The van der Waals surface area contributed by atoms with Crippen LogP contribution < -0.4 is 11.1 Å². The number of pyridine rings is 1. The summed E-state index contributed by atoms with van der Waals surface area (Å²) in [6, 6.07) is 4.57. The van der Waals surface area contributed by atoms with Crippen LogP contribution in [0.25, 0.3) is 10.8 Å². The van der Waals surface area contributed by atoms with Crippen molar-refractivity contribution in [3.8, 4) is 0 Å². The summed E-state index contributed by atoms with van der Waals surface area (Å²) in [5.41, 5.74) is 5.67. The molecule has 3 aromatic heterocycles. The Kier molecular flexibility index (Phi) is 3.93. The lowest BCUT2D eigenvalue weighted by Crippen LogP contribution is -2.06. The zero-order valence-corrected chi connectivity index (χ0v) is 15.1. The van der Waals surface area contributed by atoms with Gasteiger partial charge in [-0.25, -0.2) is 23.1 Å². The van der Waals surface area contributed by atoms with E-state index >= 15 is 0 Å². The number of fused-ring (bicyclic) bond motifs is 3. The highest BCUT2D eigenvalue weighted by molar-refractivity contribution is 5.94. The SMILES string of the molecule is Nc1c(F)c(C(F)F)cc2cc(Nc3cc4n(n3)Cc3nccn3CC4)ncc12. The molecule has 1 aromatic carbocycles. The highest BCUT2D eigenvalue weighted by Crippen LogP contribution is 2.33. The number of alkyl halides is 2. The minimum atomic E-state index is -2.96. The van der Waals surface area contributed by atoms with E-state index in [1.807, 2.05) is 16.9 Å². The Morgan fingerprint density at radius 2 is 2.00 bits per heavy atom. The van der Waals surface area contributed by atoms with Crippen molar-refractivity contribution in [1.29, 1.82) is 0 Å². The maximum atomic E-state index is 14.0. The lowest BCUT2D eigenvalue weighted by molar-refractivity contribution is 0.146. The van der Waals surface area contributed by atoms with Gasteiger partial charge in [0.05, 0.1) is 17.8 Å². The number of aromatic nitrogens is 5. The molecule has 1 aliphatic heterocycles. The van der Waals surface area contributed by atoms with Crippen molar-refractivity contribution in [1.82, 2.24) is 24.3 Å². The Balaban J connectivity index is 1.47. The van der Waals surface area contributed by atoms with E-state index in [1.165, 1.54) is 6.20 Å². The van der Waals surface area contributed by atoms with Gasteiger partial charge in [0.25, 0.3) is 6.43 Å². The molecule has 0 radical (unpaired) electrons. The van der Waals surface area contributed by atoms with Gasteiger partial charge in [-0.1, -0.05) is 0 Å². The molecule has 4 heterocycles. The van der Waals surface area contributed by atoms with Crippen LogP contribution in [-0.4, -0.2) is 24.3 Å². The number of benzene rings is 1. The standard InChI is InChI=1S/C19H16F3N7/c20-17-12(19(21)22)5-10-6-14(25-8-13(10)18(17)23)26-15-7-11-1-3-28-4-2-24-16(28)9-29(11)27-15/h2,4-8,19H,1,3,9,23H2,(H,25,26,27). The summed E-state index contributed by atoms with van der Waals surface area (Å²) in [4.78, 5) is 8.57. The maximum Gasteiger partial charge on any atom is 0.266 e. The molecule has 0 bridgehead atoms. The molecule has 29 heavy (non-hydrogen) atoms. The zero-order valence-electron chi connectivity index (χ0n) is 15.1. The number of hydrogen-bond acceptors (Lipinski definition) is 5. The monoisotopic (exact) mass is 399 g/mol. The van der Waals surface area contributed by atoms with E-state index < -0.39 is 17.8 Å². The number of nitrogens with zero attached hydrogens (tertiary/aromatic N) is 5. The smallest absolute Gasteiger partial charge is 0.266 e. The molecular formula is C19H16F3N7. The van der Waals surface area contributed by atoms with Gasteiger partial charge in [-0.2, -0.15) is 5.10 Å². The van der Waals surface area contributed by atoms with Crippen LogP contribution in [0, 0.1) is 5.82 Å². The zero-order chi connectivity index (χ0) is 20.1. The van der Waals surface area contributed by atoms with E-state index in [4.69, 9.17) is 5.73 Å². The summed E-state index contributed by atoms with van der Waals surface area (Å²) >= 11 is 0. The molecule has 0 fully saturated rings. The van der Waals surface area contributed by atoms with Crippen molar-refractivity contribution in [3.63, 3.8) is 0 Å². The fraction of sp³-hybridized carbons (Fsp3) is 0.211. The van der Waals surface area contributed by atoms with E-state index in [9.17, 15) is 13.2 Å². The van der Waals surface area contributed by atoms with Gasteiger partial charge in [0, 0.05) is 48.7 Å². The molecule has 0 saturated heterocycles. The van der Waals surface area contributed by atoms with Crippen LogP contribution in [0.4, 0.5) is 30.5 Å². The highest BCUT2D eigenvalue weighted by atomic mass is 19.3. The van der Waals surface area contributed by atoms with Gasteiger partial charge in [0.2, 0.25) is 0 Å². The van der Waals surface area contributed by atoms with Gasteiger partial charge in [-0.05, 0) is 17.5 Å². The number of aryl methyl sites for hydroxylation is 2. The number of nitrogens with one attached hydrogen (secondary N) is 1. The van der Waals surface area contributed by atoms with E-state index in [1.54, 1.807) is 12.3 Å². The van der Waals surface area contributed by atoms with Crippen molar-refractivity contribution in [2.45, 2.75) is 25.9 Å². The summed E-state index contributed by atoms with van der Waals surface area (Å²) in [5, 5.41) is 8.29. The Morgan fingerprint density at radius 1 is 1.14 bits per heavy atom. The predicted octanol–water partition coefficient (Wildman–Crippen LogP) is 3.63. The third kappa shape index (κ3) is 2.96. The maximum absolute atomic E-state index is 14.0. The number of rotatable bonds is 3. The van der Waals surface area contributed by atoms with Crippen LogP contribution in [0.15, 0.2) is 36.8 Å². The molecule has 7 nitrogen and oxygen atoms in total. The van der Waals surface area contributed by atoms with E-state index in [2.05, 4.69) is 25.0 Å². The summed E-state index contributed by atoms with van der Waals surface area (Å²) < 4.78 is 44.1. The first-order chi connectivity index (χ1) is 14.0. The summed E-state index contributed by atoms with van der Waals surface area (Å²) in [6.45, 7) is 1.37. The second kappa shape index (κ2) is 6.50. The number of nitrogen functional groups attached to an aromatic ring is 1. The Hall–Kier alpha value is -3.56. The van der Waals surface area contributed by atoms with Gasteiger partial charge in [0.1, 0.15) is 11.6 Å². The first-order valence-corrected chi connectivity index (χ1v) is 8.99. The number of anilines is 3. The first kappa shape index (κ1) is 17.5. The fourth-order valence-corrected chi connectivity index (χ4v) is 3.60. The van der Waals surface area contributed by atoms with Crippen LogP contribution in [0.5, 0.6) is 0 Å². The fourth-order valence-electron chi connectivity index (χ4n) is 3.60. The summed E-state index contributed by atoms with van der Waals surface area (Å²) in [7, 11) is 0. The Morgan fingerprint density at radius 3 is 2.83 bits per heavy atom. The first-order valence-electron chi connectivity index (χ1n) is 8.99. The third-order valence-corrected chi connectivity index (χ3v) is 5.08. The van der Waals surface area contributed by atoms with Gasteiger partial charge in [0.15, 0.2) is 11.6 Å². The normalized spacial score (nSPS) is 13.4. The summed E-state index contributed by atoms with van der Waals surface area (Å²) in [6.07, 6.45) is 2.93. The average molecular weight is 399 g/mol. The highest BCUT2D eigenvalue weighted by Gasteiger charge is 2.19. The molecule has 4 aromatic rings. The van der Waals surface area contributed by atoms with Crippen LogP contribution in [0.3, 0.4) is 0 Å². The van der Waals surface area contributed by atoms with Crippen molar-refractivity contribution in [3.05, 3.63) is 59.7 Å². The van der Waals surface area contributed by atoms with E-state index in [0.717, 1.165) is 30.6 Å². The minimum Gasteiger partial charge on any atom is -0.396 e. The Labute approximate surface area is 163 Å². The number of halogens is 3. The molecule has 3 N–H and O–H groups in total. The second-order valence-electron chi connectivity index (χ2n) is 6.88. The van der Waals surface area contributed by atoms with Gasteiger partial charge < -0.3 is 15.6 Å². The predicted molar refractivity (Wildman–Crippen MR) is 102 cm³/mol. The lowest BCUT2D eigenvalue weighted by Gasteiger charge is -2.10. The second-order valence-corrected chi connectivity index (χ2v) is 6.88. The minimum absolute atomic E-state index is 0.282. The van der Waals surface area contributed by atoms with Gasteiger partial charge in [-0.15, -0.1) is 0 Å². The molecular weight excluding hydrogens is 383 g/mol. The Bertz CT molecular complexity index is 1230. The van der Waals surface area contributed by atoms with Crippen molar-refractivity contribution >= 4 is 28.1 Å². The molecule has 0 aliphatic carbocycles. The van der Waals surface area contributed by atoms with Crippen LogP contribution in [0.2, 0.25) is 0 Å².